The van der Waals surface area contributed by atoms with E-state index in [1.54, 1.807) is 18.4 Å². The maximum absolute atomic E-state index is 5.55. The first-order valence-electron chi connectivity index (χ1n) is 6.89. The third kappa shape index (κ3) is 2.33. The largest absolute Gasteiger partial charge is 0.481 e. The van der Waals surface area contributed by atoms with Gasteiger partial charge in [-0.25, -0.2) is 9.67 Å². The van der Waals surface area contributed by atoms with Gasteiger partial charge in [0.15, 0.2) is 0 Å². The average molecular weight is 292 g/mol. The Morgan fingerprint density at radius 1 is 1.50 bits per heavy atom. The number of hydrogen-bond acceptors (Lipinski definition) is 5. The third-order valence-corrected chi connectivity index (χ3v) is 4.59. The highest BCUT2D eigenvalue weighted by atomic mass is 32.1. The van der Waals surface area contributed by atoms with Gasteiger partial charge in [-0.15, -0.1) is 11.3 Å². The van der Waals surface area contributed by atoms with E-state index in [0.717, 1.165) is 36.8 Å². The predicted molar refractivity (Wildman–Crippen MR) is 79.0 cm³/mol. The second kappa shape index (κ2) is 5.54. The zero-order valence-corrected chi connectivity index (χ0v) is 13.0. The Morgan fingerprint density at radius 3 is 3.05 bits per heavy atom. The molecule has 0 aromatic carbocycles. The SMILES string of the molecule is COc1c([C@@H]2CCCN2Cc2cscn2)c(C)nn1C. The van der Waals surface area contributed by atoms with Crippen LogP contribution >= 0.6 is 11.3 Å². The molecule has 2 aromatic heterocycles. The van der Waals surface area contributed by atoms with Crippen molar-refractivity contribution >= 4 is 11.3 Å². The molecule has 0 spiro atoms. The molecule has 0 aliphatic carbocycles. The van der Waals surface area contributed by atoms with Crippen LogP contribution in [0.1, 0.15) is 35.8 Å². The van der Waals surface area contributed by atoms with E-state index >= 15 is 0 Å². The summed E-state index contributed by atoms with van der Waals surface area (Å²) in [5.41, 5.74) is 5.36. The van der Waals surface area contributed by atoms with E-state index in [-0.39, 0.29) is 0 Å². The van der Waals surface area contributed by atoms with Crippen LogP contribution in [-0.4, -0.2) is 33.3 Å². The minimum Gasteiger partial charge on any atom is -0.481 e. The van der Waals surface area contributed by atoms with Crippen molar-refractivity contribution in [2.75, 3.05) is 13.7 Å². The summed E-state index contributed by atoms with van der Waals surface area (Å²) in [6.45, 7) is 4.09. The first-order chi connectivity index (χ1) is 9.70. The van der Waals surface area contributed by atoms with Crippen LogP contribution in [0.25, 0.3) is 0 Å². The lowest BCUT2D eigenvalue weighted by molar-refractivity contribution is 0.239. The number of likely N-dealkylation sites (tertiary alicyclic amines) is 1. The minimum absolute atomic E-state index is 0.389. The summed E-state index contributed by atoms with van der Waals surface area (Å²) < 4.78 is 7.39. The summed E-state index contributed by atoms with van der Waals surface area (Å²) in [6, 6.07) is 0.389. The van der Waals surface area contributed by atoms with E-state index in [2.05, 4.69) is 27.3 Å². The van der Waals surface area contributed by atoms with Gasteiger partial charge in [-0.05, 0) is 26.3 Å². The molecule has 108 valence electrons. The molecule has 1 aliphatic heterocycles. The number of rotatable bonds is 4. The number of aryl methyl sites for hydroxylation is 2. The molecule has 1 fully saturated rings. The van der Waals surface area contributed by atoms with Crippen LogP contribution in [-0.2, 0) is 13.6 Å². The van der Waals surface area contributed by atoms with Crippen LogP contribution in [0.5, 0.6) is 5.88 Å². The average Bonchev–Trinajstić information content (AvgIpc) is 3.11. The summed E-state index contributed by atoms with van der Waals surface area (Å²) >= 11 is 1.66. The van der Waals surface area contributed by atoms with Crippen molar-refractivity contribution in [1.29, 1.82) is 0 Å². The Labute approximate surface area is 123 Å². The first kappa shape index (κ1) is 13.6. The summed E-state index contributed by atoms with van der Waals surface area (Å²) in [6.07, 6.45) is 2.37. The van der Waals surface area contributed by atoms with Crippen LogP contribution in [0, 0.1) is 6.92 Å². The number of ether oxygens (including phenoxy) is 1. The maximum atomic E-state index is 5.55. The smallest absolute Gasteiger partial charge is 0.216 e. The highest BCUT2D eigenvalue weighted by Gasteiger charge is 2.32. The van der Waals surface area contributed by atoms with E-state index < -0.39 is 0 Å². The molecule has 1 aliphatic rings. The molecule has 3 heterocycles. The summed E-state index contributed by atoms with van der Waals surface area (Å²) in [7, 11) is 3.66. The maximum Gasteiger partial charge on any atom is 0.216 e. The lowest BCUT2D eigenvalue weighted by atomic mass is 10.0. The van der Waals surface area contributed by atoms with Gasteiger partial charge in [0.2, 0.25) is 5.88 Å². The Kier molecular flexibility index (Phi) is 3.76. The molecule has 3 rings (SSSR count). The van der Waals surface area contributed by atoms with Crippen molar-refractivity contribution in [1.82, 2.24) is 19.7 Å². The highest BCUT2D eigenvalue weighted by Crippen LogP contribution is 2.39. The number of methoxy groups -OCH3 is 1. The van der Waals surface area contributed by atoms with Crippen LogP contribution < -0.4 is 4.74 Å². The quantitative estimate of drug-likeness (QED) is 0.868. The normalized spacial score (nSPS) is 19.6. The van der Waals surface area contributed by atoms with Crippen molar-refractivity contribution < 1.29 is 4.74 Å². The lowest BCUT2D eigenvalue weighted by Gasteiger charge is -2.24. The molecule has 0 amide bonds. The van der Waals surface area contributed by atoms with Gasteiger partial charge >= 0.3 is 0 Å². The van der Waals surface area contributed by atoms with Crippen LogP contribution in [0.2, 0.25) is 0 Å². The van der Waals surface area contributed by atoms with Gasteiger partial charge < -0.3 is 4.74 Å². The van der Waals surface area contributed by atoms with Gasteiger partial charge in [-0.3, -0.25) is 4.90 Å². The van der Waals surface area contributed by atoms with Gasteiger partial charge in [-0.1, -0.05) is 0 Å². The van der Waals surface area contributed by atoms with Crippen LogP contribution in [0.4, 0.5) is 0 Å². The van der Waals surface area contributed by atoms with E-state index in [1.165, 1.54) is 12.0 Å². The molecule has 1 atom stereocenters. The molecular weight excluding hydrogens is 272 g/mol. The Hall–Kier alpha value is -1.40. The van der Waals surface area contributed by atoms with E-state index in [1.807, 2.05) is 17.2 Å². The topological polar surface area (TPSA) is 43.2 Å². The zero-order valence-electron chi connectivity index (χ0n) is 12.2. The minimum atomic E-state index is 0.389. The number of thiazole rings is 1. The Balaban J connectivity index is 1.88. The van der Waals surface area contributed by atoms with Gasteiger partial charge in [-0.2, -0.15) is 5.10 Å². The summed E-state index contributed by atoms with van der Waals surface area (Å²) in [4.78, 5) is 6.89. The molecule has 1 saturated heterocycles. The first-order valence-corrected chi connectivity index (χ1v) is 7.83. The molecule has 0 saturated carbocycles. The molecular formula is C14H20N4OS. The highest BCUT2D eigenvalue weighted by molar-refractivity contribution is 7.07. The molecule has 2 aromatic rings. The fourth-order valence-corrected chi connectivity index (χ4v) is 3.69. The molecule has 0 N–H and O–H groups in total. The van der Waals surface area contributed by atoms with Crippen molar-refractivity contribution in [3.8, 4) is 5.88 Å². The Morgan fingerprint density at radius 2 is 2.35 bits per heavy atom. The second-order valence-electron chi connectivity index (χ2n) is 5.24. The summed E-state index contributed by atoms with van der Waals surface area (Å²) in [5.74, 6) is 0.887. The van der Waals surface area contributed by atoms with Crippen LogP contribution in [0.15, 0.2) is 10.9 Å². The Bertz CT molecular complexity index is 578. The van der Waals surface area contributed by atoms with Gasteiger partial charge in [0.25, 0.3) is 0 Å². The number of nitrogens with zero attached hydrogens (tertiary/aromatic N) is 4. The zero-order chi connectivity index (χ0) is 14.1. The number of hydrogen-bond donors (Lipinski definition) is 0. The second-order valence-corrected chi connectivity index (χ2v) is 5.96. The predicted octanol–water partition coefficient (Wildman–Crippen LogP) is 2.53. The van der Waals surface area contributed by atoms with E-state index in [0.29, 0.717) is 6.04 Å². The summed E-state index contributed by atoms with van der Waals surface area (Å²) in [5, 5.41) is 6.64. The van der Waals surface area contributed by atoms with E-state index in [4.69, 9.17) is 4.74 Å². The van der Waals surface area contributed by atoms with Gasteiger partial charge in [0.1, 0.15) is 0 Å². The van der Waals surface area contributed by atoms with Gasteiger partial charge in [0.05, 0.1) is 29.6 Å². The van der Waals surface area contributed by atoms with Crippen molar-refractivity contribution in [3.05, 3.63) is 27.8 Å². The number of aromatic nitrogens is 3. The third-order valence-electron chi connectivity index (χ3n) is 3.95. The molecule has 6 heteroatoms. The van der Waals surface area contributed by atoms with Crippen molar-refractivity contribution in [3.63, 3.8) is 0 Å². The van der Waals surface area contributed by atoms with Crippen molar-refractivity contribution in [2.24, 2.45) is 7.05 Å². The standard InChI is InChI=1S/C14H20N4OS/c1-10-13(14(19-3)17(2)16-10)12-5-4-6-18(12)7-11-8-20-9-15-11/h8-9,12H,4-7H2,1-3H3/t12-/m0/s1. The molecule has 5 nitrogen and oxygen atoms in total. The van der Waals surface area contributed by atoms with Crippen molar-refractivity contribution in [2.45, 2.75) is 32.4 Å². The molecule has 0 radical (unpaired) electrons. The lowest BCUT2D eigenvalue weighted by Crippen LogP contribution is -2.23. The molecule has 0 unspecified atom stereocenters. The van der Waals surface area contributed by atoms with Crippen LogP contribution in [0.3, 0.4) is 0 Å². The van der Waals surface area contributed by atoms with Gasteiger partial charge in [0, 0.05) is 25.0 Å². The fourth-order valence-electron chi connectivity index (χ4n) is 3.15. The molecule has 20 heavy (non-hydrogen) atoms. The van der Waals surface area contributed by atoms with E-state index in [9.17, 15) is 0 Å². The monoisotopic (exact) mass is 292 g/mol. The molecule has 0 bridgehead atoms. The fraction of sp³-hybridized carbons (Fsp3) is 0.571.